The largest absolute Gasteiger partial charge is 3.00 e. The van der Waals surface area contributed by atoms with Crippen LogP contribution >= 0.6 is 15.8 Å². The summed E-state index contributed by atoms with van der Waals surface area (Å²) in [6.45, 7) is 7.43. The van der Waals surface area contributed by atoms with E-state index in [0.29, 0.717) is 0 Å². The van der Waals surface area contributed by atoms with Crippen LogP contribution in [0.15, 0.2) is 78.9 Å². The van der Waals surface area contributed by atoms with Gasteiger partial charge in [-0.15, -0.1) is 7.92 Å². The number of hydrogen-bond acceptors (Lipinski definition) is 0. The molecule has 1 aliphatic carbocycles. The zero-order chi connectivity index (χ0) is 22.6. The van der Waals surface area contributed by atoms with Gasteiger partial charge in [0.05, 0.1) is 24.2 Å². The zero-order valence-corrected chi connectivity index (χ0v) is 25.2. The maximum atomic E-state index is 3.21. The van der Waals surface area contributed by atoms with E-state index in [1.165, 1.54) is 44.7 Å². The van der Waals surface area contributed by atoms with Gasteiger partial charge >= 0.3 is 19.5 Å². The SMILES string of the molecule is CC(C)P1CCC[C@@H]1C[C@@H](C)[PH+](c1ccccc1)c1ccccc1.[C-]1=CCCC=CCC1.[CH3-].[Rh+3]. The van der Waals surface area contributed by atoms with Crippen LogP contribution < -0.4 is 10.6 Å². The Bertz CT molecular complexity index is 750. The number of rotatable bonds is 6. The summed E-state index contributed by atoms with van der Waals surface area (Å²) in [7, 11) is -0.449. The molecule has 0 radical (unpaired) electrons. The molecule has 2 aliphatic rings. The molecule has 2 aromatic carbocycles. The Balaban J connectivity index is 0.000000494. The Hall–Kier alpha value is -0.597. The number of hydrogen-bond donors (Lipinski definition) is 0. The van der Waals surface area contributed by atoms with Crippen molar-refractivity contribution in [3.8, 4) is 0 Å². The van der Waals surface area contributed by atoms with E-state index in [9.17, 15) is 0 Å². The van der Waals surface area contributed by atoms with Gasteiger partial charge in [-0.05, 0) is 74.4 Å². The first kappa shape index (κ1) is 31.4. The third kappa shape index (κ3) is 10.2. The van der Waals surface area contributed by atoms with Gasteiger partial charge in [-0.1, -0.05) is 75.2 Å². The van der Waals surface area contributed by atoms with Crippen LogP contribution in [0.25, 0.3) is 0 Å². The maximum absolute atomic E-state index is 3.21. The summed E-state index contributed by atoms with van der Waals surface area (Å²) in [5.41, 5.74) is 2.71. The van der Waals surface area contributed by atoms with E-state index in [1.807, 2.05) is 0 Å². The van der Waals surface area contributed by atoms with Crippen molar-refractivity contribution in [2.45, 2.75) is 82.7 Å². The fraction of sp³-hybridized carbons (Fsp3) is 0.452. The van der Waals surface area contributed by atoms with Crippen LogP contribution in [-0.2, 0) is 19.5 Å². The maximum Gasteiger partial charge on any atom is 3.00 e. The average Bonchev–Trinajstić information content (AvgIpc) is 3.24. The predicted octanol–water partition coefficient (Wildman–Crippen LogP) is 8.61. The molecule has 2 aromatic rings. The van der Waals surface area contributed by atoms with E-state index < -0.39 is 7.92 Å². The summed E-state index contributed by atoms with van der Waals surface area (Å²) in [6, 6.07) is 22.6. The van der Waals surface area contributed by atoms with Crippen LogP contribution in [-0.4, -0.2) is 23.1 Å². The van der Waals surface area contributed by atoms with Crippen molar-refractivity contribution in [2.24, 2.45) is 0 Å². The summed E-state index contributed by atoms with van der Waals surface area (Å²) < 4.78 is 0. The van der Waals surface area contributed by atoms with Gasteiger partial charge in [-0.2, -0.15) is 6.42 Å². The molecule has 186 valence electrons. The van der Waals surface area contributed by atoms with Crippen molar-refractivity contribution >= 4 is 26.5 Å². The first-order chi connectivity index (χ1) is 15.7. The minimum Gasteiger partial charge on any atom is -0.500 e. The Morgan fingerprint density at radius 2 is 1.47 bits per heavy atom. The molecule has 3 atom stereocenters. The molecule has 34 heavy (non-hydrogen) atoms. The van der Waals surface area contributed by atoms with Crippen molar-refractivity contribution in [2.75, 3.05) is 6.16 Å². The van der Waals surface area contributed by atoms with Crippen molar-refractivity contribution in [1.29, 1.82) is 0 Å². The van der Waals surface area contributed by atoms with Gasteiger partial charge in [-0.3, -0.25) is 6.08 Å². The molecule has 0 N–H and O–H groups in total. The molecule has 0 nitrogen and oxygen atoms in total. The Morgan fingerprint density at radius 1 is 0.882 bits per heavy atom. The van der Waals surface area contributed by atoms with E-state index in [0.717, 1.165) is 23.4 Å². The molecule has 0 saturated carbocycles. The number of allylic oxidation sites excluding steroid dienone is 4. The van der Waals surface area contributed by atoms with Crippen molar-refractivity contribution in [3.63, 3.8) is 0 Å². The molecule has 0 spiro atoms. The van der Waals surface area contributed by atoms with Gasteiger partial charge in [0.1, 0.15) is 0 Å². The summed E-state index contributed by atoms with van der Waals surface area (Å²) in [5.74, 6) is 0. The van der Waals surface area contributed by atoms with Crippen LogP contribution in [0.4, 0.5) is 0 Å². The van der Waals surface area contributed by atoms with Gasteiger partial charge < -0.3 is 13.5 Å². The van der Waals surface area contributed by atoms with E-state index in [2.05, 4.69) is 106 Å². The summed E-state index contributed by atoms with van der Waals surface area (Å²) in [4.78, 5) is 0. The topological polar surface area (TPSA) is 0 Å². The Kier molecular flexibility index (Phi) is 16.4. The molecule has 0 aromatic heterocycles. The fourth-order valence-corrected chi connectivity index (χ4v) is 11.7. The van der Waals surface area contributed by atoms with Crippen LogP contribution in [0.2, 0.25) is 0 Å². The minimum absolute atomic E-state index is 0. The monoisotopic (exact) mass is 582 g/mol. The molecule has 1 heterocycles. The van der Waals surface area contributed by atoms with Crippen LogP contribution in [0, 0.1) is 13.5 Å². The summed E-state index contributed by atoms with van der Waals surface area (Å²) in [6.07, 6.45) is 20.4. The van der Waals surface area contributed by atoms with Crippen LogP contribution in [0.5, 0.6) is 0 Å². The zero-order valence-electron chi connectivity index (χ0n) is 21.7. The second kappa shape index (κ2) is 17.8. The van der Waals surface area contributed by atoms with E-state index in [-0.39, 0.29) is 34.8 Å². The smallest absolute Gasteiger partial charge is 0.500 e. The molecule has 1 aliphatic heterocycles. The summed E-state index contributed by atoms with van der Waals surface area (Å²) in [5, 5.41) is 3.15. The van der Waals surface area contributed by atoms with Crippen molar-refractivity contribution in [1.82, 2.24) is 0 Å². The van der Waals surface area contributed by atoms with Crippen LogP contribution in [0.1, 0.15) is 65.7 Å². The van der Waals surface area contributed by atoms with Crippen molar-refractivity contribution in [3.05, 3.63) is 92.4 Å². The molecule has 0 bridgehead atoms. The first-order valence-corrected chi connectivity index (χ1v) is 15.8. The molecule has 4 rings (SSSR count). The standard InChI is InChI=1S/C22H30P2.C8H11.CH3.Rh/c1-18(2)23-16-10-15-22(23)17-19(3)24(20-11-6-4-7-12-20)21-13-8-5-9-14-21;1-2-4-6-8-7-5-3-1;;/h4-9,11-14,18-19,22H,10,15-17H2,1-3H3;1-2,7H,3-6H2;1H3;/q;2*-1;+3/p+1/t19-,22-,23?;;;/m1.../s1. The van der Waals surface area contributed by atoms with Crippen LogP contribution in [0.3, 0.4) is 0 Å². The third-order valence-electron chi connectivity index (χ3n) is 6.62. The van der Waals surface area contributed by atoms with Gasteiger partial charge in [0.15, 0.2) is 0 Å². The van der Waals surface area contributed by atoms with E-state index in [4.69, 9.17) is 0 Å². The van der Waals surface area contributed by atoms with Crippen molar-refractivity contribution < 1.29 is 19.5 Å². The van der Waals surface area contributed by atoms with Gasteiger partial charge in [0.2, 0.25) is 0 Å². The quantitative estimate of drug-likeness (QED) is 0.139. The second-order valence-corrected chi connectivity index (χ2v) is 15.6. The van der Waals surface area contributed by atoms with E-state index >= 15 is 0 Å². The molecule has 1 fully saturated rings. The van der Waals surface area contributed by atoms with Gasteiger partial charge in [0.25, 0.3) is 0 Å². The molecular formula is C31H45P2Rh+2. The normalized spacial score (nSPS) is 20.4. The second-order valence-electron chi connectivity index (χ2n) is 9.41. The Labute approximate surface area is 226 Å². The first-order valence-electron chi connectivity index (χ1n) is 12.6. The molecule has 3 heteroatoms. The van der Waals surface area contributed by atoms with Gasteiger partial charge in [-0.25, -0.2) is 0 Å². The fourth-order valence-electron chi connectivity index (χ4n) is 5.07. The molecular weight excluding hydrogens is 537 g/mol. The third-order valence-corrected chi connectivity index (χ3v) is 13.3. The molecule has 1 unspecified atom stereocenters. The van der Waals surface area contributed by atoms with E-state index in [1.54, 1.807) is 10.6 Å². The minimum atomic E-state index is -0.703. The average molecular weight is 583 g/mol. The van der Waals surface area contributed by atoms with Gasteiger partial charge in [0, 0.05) is 0 Å². The Morgan fingerprint density at radius 3 is 2.06 bits per heavy atom. The number of benzene rings is 2. The predicted molar refractivity (Wildman–Crippen MR) is 156 cm³/mol. The molecule has 0 amide bonds. The molecule has 1 saturated heterocycles. The summed E-state index contributed by atoms with van der Waals surface area (Å²) >= 11 is 0.